The van der Waals surface area contributed by atoms with E-state index in [4.69, 9.17) is 9.47 Å². The van der Waals surface area contributed by atoms with Crippen molar-refractivity contribution in [2.75, 3.05) is 34.9 Å². The summed E-state index contributed by atoms with van der Waals surface area (Å²) in [5, 5.41) is 2.99. The summed E-state index contributed by atoms with van der Waals surface area (Å²) in [6.45, 7) is 0.463. The van der Waals surface area contributed by atoms with Gasteiger partial charge in [0.2, 0.25) is 0 Å². The van der Waals surface area contributed by atoms with Gasteiger partial charge in [0.05, 0.1) is 25.8 Å². The highest BCUT2D eigenvalue weighted by Crippen LogP contribution is 2.27. The largest absolute Gasteiger partial charge is 0.496 e. The molecule has 2 rings (SSSR count). The van der Waals surface area contributed by atoms with Crippen LogP contribution in [-0.4, -0.2) is 45.7 Å². The Labute approximate surface area is 143 Å². The van der Waals surface area contributed by atoms with Crippen molar-refractivity contribution in [1.82, 2.24) is 10.2 Å². The molecule has 24 heavy (non-hydrogen) atoms. The smallest absolute Gasteiger partial charge is 0.255 e. The molecule has 0 bridgehead atoms. The molecule has 0 aliphatic rings. The first-order valence-electron chi connectivity index (χ1n) is 7.79. The Morgan fingerprint density at radius 1 is 1.00 bits per heavy atom. The minimum Gasteiger partial charge on any atom is -0.496 e. The van der Waals surface area contributed by atoms with Crippen molar-refractivity contribution in [2.24, 2.45) is 0 Å². The van der Waals surface area contributed by atoms with Crippen molar-refractivity contribution in [3.05, 3.63) is 59.7 Å². The van der Waals surface area contributed by atoms with Crippen molar-refractivity contribution in [3.63, 3.8) is 0 Å². The number of hydrogen-bond donors (Lipinski definition) is 1. The van der Waals surface area contributed by atoms with Crippen LogP contribution in [0.4, 0.5) is 0 Å². The third kappa shape index (κ3) is 4.06. The molecule has 2 aromatic carbocycles. The zero-order valence-corrected chi connectivity index (χ0v) is 14.6. The van der Waals surface area contributed by atoms with Gasteiger partial charge in [0.15, 0.2) is 0 Å². The number of methoxy groups -OCH3 is 2. The Bertz CT molecular complexity index is 686. The molecule has 0 fully saturated rings. The first-order valence-corrected chi connectivity index (χ1v) is 7.79. The van der Waals surface area contributed by atoms with E-state index in [1.54, 1.807) is 26.4 Å². The molecule has 0 unspecified atom stereocenters. The molecule has 128 valence electrons. The number of nitrogens with one attached hydrogen (secondary N) is 1. The van der Waals surface area contributed by atoms with Crippen LogP contribution < -0.4 is 14.8 Å². The standard InChI is InChI=1S/C19H24N2O3/c1-21(2)16(14-9-5-7-11-17(14)23-3)13-20-19(22)15-10-6-8-12-18(15)24-4/h5-12,16H,13H2,1-4H3,(H,20,22)/t16-/m1/s1. The normalized spacial score (nSPS) is 11.9. The number of carbonyl (C=O) groups is 1. The molecule has 0 saturated heterocycles. The SMILES string of the molecule is COc1ccccc1C(=O)NC[C@H](c1ccccc1OC)N(C)C. The quantitative estimate of drug-likeness (QED) is 0.849. The van der Waals surface area contributed by atoms with Crippen LogP contribution in [0.3, 0.4) is 0 Å². The van der Waals surface area contributed by atoms with Gasteiger partial charge < -0.3 is 19.7 Å². The number of amides is 1. The maximum Gasteiger partial charge on any atom is 0.255 e. The molecule has 5 nitrogen and oxygen atoms in total. The Balaban J connectivity index is 2.16. The molecule has 0 heterocycles. The summed E-state index contributed by atoms with van der Waals surface area (Å²) in [6.07, 6.45) is 0. The van der Waals surface area contributed by atoms with Crippen LogP contribution in [0.1, 0.15) is 22.0 Å². The fourth-order valence-electron chi connectivity index (χ4n) is 2.63. The lowest BCUT2D eigenvalue weighted by atomic mass is 10.0. The van der Waals surface area contributed by atoms with E-state index >= 15 is 0 Å². The minimum absolute atomic E-state index is 0.000179. The van der Waals surface area contributed by atoms with Gasteiger partial charge in [0.25, 0.3) is 5.91 Å². The first kappa shape index (κ1) is 17.8. The monoisotopic (exact) mass is 328 g/mol. The second-order valence-electron chi connectivity index (χ2n) is 5.63. The number of rotatable bonds is 7. The lowest BCUT2D eigenvalue weighted by molar-refractivity contribution is 0.0938. The number of carbonyl (C=O) groups excluding carboxylic acids is 1. The van der Waals surface area contributed by atoms with Crippen LogP contribution in [0.2, 0.25) is 0 Å². The van der Waals surface area contributed by atoms with Crippen LogP contribution >= 0.6 is 0 Å². The average Bonchev–Trinajstić information content (AvgIpc) is 2.61. The second-order valence-corrected chi connectivity index (χ2v) is 5.63. The lowest BCUT2D eigenvalue weighted by Crippen LogP contribution is -2.34. The van der Waals surface area contributed by atoms with Crippen LogP contribution in [0, 0.1) is 0 Å². The van der Waals surface area contributed by atoms with Crippen LogP contribution in [0.15, 0.2) is 48.5 Å². The molecule has 1 atom stereocenters. The van der Waals surface area contributed by atoms with E-state index in [-0.39, 0.29) is 11.9 Å². The summed E-state index contributed by atoms with van der Waals surface area (Å²) in [7, 11) is 7.17. The molecule has 0 saturated carbocycles. The molecule has 0 spiro atoms. The van der Waals surface area contributed by atoms with Gasteiger partial charge in [-0.15, -0.1) is 0 Å². The van der Waals surface area contributed by atoms with Crippen molar-refractivity contribution < 1.29 is 14.3 Å². The third-order valence-electron chi connectivity index (χ3n) is 3.93. The molecular formula is C19H24N2O3. The highest BCUT2D eigenvalue weighted by Gasteiger charge is 2.20. The molecule has 2 aromatic rings. The summed E-state index contributed by atoms with van der Waals surface area (Å²) in [6, 6.07) is 15.0. The van der Waals surface area contributed by atoms with Crippen molar-refractivity contribution in [2.45, 2.75) is 6.04 Å². The van der Waals surface area contributed by atoms with Gasteiger partial charge in [0, 0.05) is 12.1 Å². The molecule has 0 radical (unpaired) electrons. The van der Waals surface area contributed by atoms with E-state index in [9.17, 15) is 4.79 Å². The van der Waals surface area contributed by atoms with E-state index in [0.29, 0.717) is 17.9 Å². The Morgan fingerprint density at radius 2 is 1.58 bits per heavy atom. The second kappa shape index (κ2) is 8.36. The molecule has 0 aliphatic heterocycles. The molecule has 0 aromatic heterocycles. The van der Waals surface area contributed by atoms with Crippen LogP contribution in [0.25, 0.3) is 0 Å². The third-order valence-corrected chi connectivity index (χ3v) is 3.93. The van der Waals surface area contributed by atoms with Gasteiger partial charge in [-0.1, -0.05) is 30.3 Å². The van der Waals surface area contributed by atoms with Gasteiger partial charge in [-0.05, 0) is 32.3 Å². The van der Waals surface area contributed by atoms with Gasteiger partial charge in [-0.25, -0.2) is 0 Å². The topological polar surface area (TPSA) is 50.8 Å². The summed E-state index contributed by atoms with van der Waals surface area (Å²) >= 11 is 0. The van der Waals surface area contributed by atoms with Crippen molar-refractivity contribution in [3.8, 4) is 11.5 Å². The number of ether oxygens (including phenoxy) is 2. The first-order chi connectivity index (χ1) is 11.6. The molecule has 1 amide bonds. The van der Waals surface area contributed by atoms with Crippen molar-refractivity contribution >= 4 is 5.91 Å². The number of likely N-dealkylation sites (N-methyl/N-ethyl adjacent to an activating group) is 1. The maximum absolute atomic E-state index is 12.5. The van der Waals surface area contributed by atoms with E-state index in [2.05, 4.69) is 10.2 Å². The predicted molar refractivity (Wildman–Crippen MR) is 94.7 cm³/mol. The van der Waals surface area contributed by atoms with E-state index in [0.717, 1.165) is 11.3 Å². The number of nitrogens with zero attached hydrogens (tertiary/aromatic N) is 1. The fraction of sp³-hybridized carbons (Fsp3) is 0.316. The highest BCUT2D eigenvalue weighted by molar-refractivity contribution is 5.96. The fourth-order valence-corrected chi connectivity index (χ4v) is 2.63. The summed E-state index contributed by atoms with van der Waals surface area (Å²) in [5.74, 6) is 1.21. The zero-order chi connectivity index (χ0) is 17.5. The summed E-state index contributed by atoms with van der Waals surface area (Å²) < 4.78 is 10.7. The van der Waals surface area contributed by atoms with Gasteiger partial charge in [0.1, 0.15) is 11.5 Å². The lowest BCUT2D eigenvalue weighted by Gasteiger charge is -2.26. The molecular weight excluding hydrogens is 304 g/mol. The summed E-state index contributed by atoms with van der Waals surface area (Å²) in [4.78, 5) is 14.6. The maximum atomic E-state index is 12.5. The Kier molecular flexibility index (Phi) is 6.21. The van der Waals surface area contributed by atoms with Gasteiger partial charge in [-0.2, -0.15) is 0 Å². The van der Waals surface area contributed by atoms with Crippen LogP contribution in [-0.2, 0) is 0 Å². The Hall–Kier alpha value is -2.53. The van der Waals surface area contributed by atoms with Gasteiger partial charge in [-0.3, -0.25) is 4.79 Å². The minimum atomic E-state index is -0.158. The Morgan fingerprint density at radius 3 is 2.21 bits per heavy atom. The summed E-state index contributed by atoms with van der Waals surface area (Å²) in [5.41, 5.74) is 1.56. The molecule has 5 heteroatoms. The van der Waals surface area contributed by atoms with Crippen LogP contribution in [0.5, 0.6) is 11.5 Å². The zero-order valence-electron chi connectivity index (χ0n) is 14.6. The molecule has 0 aliphatic carbocycles. The number of benzene rings is 2. The predicted octanol–water partition coefficient (Wildman–Crippen LogP) is 2.74. The van der Waals surface area contributed by atoms with E-state index in [1.807, 2.05) is 50.5 Å². The number of hydrogen-bond acceptors (Lipinski definition) is 4. The van der Waals surface area contributed by atoms with Crippen molar-refractivity contribution in [1.29, 1.82) is 0 Å². The average molecular weight is 328 g/mol. The van der Waals surface area contributed by atoms with E-state index < -0.39 is 0 Å². The van der Waals surface area contributed by atoms with Gasteiger partial charge >= 0.3 is 0 Å². The van der Waals surface area contributed by atoms with E-state index in [1.165, 1.54) is 0 Å². The molecule has 1 N–H and O–H groups in total. The number of para-hydroxylation sites is 2. The highest BCUT2D eigenvalue weighted by atomic mass is 16.5.